The number of rotatable bonds is 5. The highest BCUT2D eigenvalue weighted by Crippen LogP contribution is 2.27. The van der Waals surface area contributed by atoms with Crippen LogP contribution >= 0.6 is 0 Å². The fraction of sp³-hybridized carbons (Fsp3) is 0.857. The van der Waals surface area contributed by atoms with E-state index in [1.807, 2.05) is 19.0 Å². The van der Waals surface area contributed by atoms with Crippen LogP contribution < -0.4 is 5.32 Å². The molecule has 2 N–H and O–H groups in total. The summed E-state index contributed by atoms with van der Waals surface area (Å²) >= 11 is 0. The highest BCUT2D eigenvalue weighted by atomic mass is 16.4. The largest absolute Gasteiger partial charge is 0.480 e. The van der Waals surface area contributed by atoms with E-state index in [2.05, 4.69) is 5.32 Å². The number of carboxylic acids is 1. The van der Waals surface area contributed by atoms with Crippen LogP contribution in [0.2, 0.25) is 0 Å². The predicted octanol–water partition coefficient (Wildman–Crippen LogP) is 1.37. The number of urea groups is 1. The molecule has 1 saturated carbocycles. The van der Waals surface area contributed by atoms with Gasteiger partial charge in [0, 0.05) is 20.1 Å². The van der Waals surface area contributed by atoms with Gasteiger partial charge in [-0.25, -0.2) is 9.59 Å². The third-order valence-electron chi connectivity index (χ3n) is 3.94. The Labute approximate surface area is 121 Å². The smallest absolute Gasteiger partial charge is 0.329 e. The van der Waals surface area contributed by atoms with E-state index in [0.29, 0.717) is 19.4 Å². The van der Waals surface area contributed by atoms with Crippen LogP contribution in [0.4, 0.5) is 4.79 Å². The van der Waals surface area contributed by atoms with Gasteiger partial charge in [-0.15, -0.1) is 0 Å². The molecule has 0 saturated heterocycles. The van der Waals surface area contributed by atoms with Crippen molar-refractivity contribution >= 4 is 12.0 Å². The maximum atomic E-state index is 12.2. The minimum Gasteiger partial charge on any atom is -0.480 e. The van der Waals surface area contributed by atoms with Crippen molar-refractivity contribution in [2.75, 3.05) is 34.2 Å². The Bertz CT molecular complexity index is 337. The quantitative estimate of drug-likeness (QED) is 0.748. The maximum absolute atomic E-state index is 12.2. The van der Waals surface area contributed by atoms with E-state index in [9.17, 15) is 14.7 Å². The van der Waals surface area contributed by atoms with Crippen molar-refractivity contribution in [3.05, 3.63) is 0 Å². The predicted molar refractivity (Wildman–Crippen MR) is 77.8 cm³/mol. The van der Waals surface area contributed by atoms with E-state index in [-0.39, 0.29) is 6.03 Å². The summed E-state index contributed by atoms with van der Waals surface area (Å²) in [4.78, 5) is 27.3. The van der Waals surface area contributed by atoms with E-state index in [1.54, 1.807) is 11.9 Å². The molecule has 0 aliphatic heterocycles. The summed E-state index contributed by atoms with van der Waals surface area (Å²) in [5.74, 6) is -0.909. The standard InChI is InChI=1S/C14H27N3O3/c1-16(2)10-11-17(3)13(20)15-14(12(18)19)8-6-4-5-7-9-14/h4-11H2,1-3H3,(H,15,20)(H,18,19). The second-order valence-electron chi connectivity index (χ2n) is 5.96. The maximum Gasteiger partial charge on any atom is 0.329 e. The molecule has 0 radical (unpaired) electrons. The summed E-state index contributed by atoms with van der Waals surface area (Å²) in [5, 5.41) is 12.3. The van der Waals surface area contributed by atoms with E-state index in [0.717, 1.165) is 32.2 Å². The summed E-state index contributed by atoms with van der Waals surface area (Å²) in [7, 11) is 5.58. The Kier molecular flexibility index (Phi) is 6.26. The lowest BCUT2D eigenvalue weighted by molar-refractivity contribution is -0.145. The monoisotopic (exact) mass is 285 g/mol. The van der Waals surface area contributed by atoms with Crippen LogP contribution in [0.5, 0.6) is 0 Å². The van der Waals surface area contributed by atoms with Gasteiger partial charge in [0.05, 0.1) is 0 Å². The van der Waals surface area contributed by atoms with Crippen LogP contribution in [0, 0.1) is 0 Å². The average Bonchev–Trinajstić information content (AvgIpc) is 2.62. The summed E-state index contributed by atoms with van der Waals surface area (Å²) in [5.41, 5.74) is -1.08. The van der Waals surface area contributed by atoms with E-state index in [1.165, 1.54) is 0 Å². The van der Waals surface area contributed by atoms with Crippen LogP contribution in [-0.4, -0.2) is 66.7 Å². The lowest BCUT2D eigenvalue weighted by Crippen LogP contribution is -2.57. The molecule has 1 fully saturated rings. The van der Waals surface area contributed by atoms with Gasteiger partial charge in [-0.1, -0.05) is 25.7 Å². The van der Waals surface area contributed by atoms with Crippen molar-refractivity contribution in [2.24, 2.45) is 0 Å². The molecule has 0 aromatic rings. The normalized spacial score (nSPS) is 18.4. The molecule has 0 atom stereocenters. The Morgan fingerprint density at radius 1 is 1.05 bits per heavy atom. The number of nitrogens with zero attached hydrogens (tertiary/aromatic N) is 2. The first-order valence-corrected chi connectivity index (χ1v) is 7.29. The molecule has 20 heavy (non-hydrogen) atoms. The molecule has 1 aliphatic rings. The number of carbonyl (C=O) groups is 2. The second-order valence-corrected chi connectivity index (χ2v) is 5.96. The molecule has 6 heteroatoms. The van der Waals surface area contributed by atoms with Crippen LogP contribution in [-0.2, 0) is 4.79 Å². The topological polar surface area (TPSA) is 72.9 Å². The lowest BCUT2D eigenvalue weighted by Gasteiger charge is -2.31. The molecule has 0 aromatic carbocycles. The van der Waals surface area contributed by atoms with E-state index < -0.39 is 11.5 Å². The average molecular weight is 285 g/mol. The summed E-state index contributed by atoms with van der Waals surface area (Å²) in [6, 6.07) is -0.295. The fourth-order valence-corrected chi connectivity index (χ4v) is 2.48. The molecule has 6 nitrogen and oxygen atoms in total. The van der Waals surface area contributed by atoms with E-state index >= 15 is 0 Å². The van der Waals surface area contributed by atoms with Gasteiger partial charge in [0.15, 0.2) is 0 Å². The Balaban J connectivity index is 2.65. The van der Waals surface area contributed by atoms with Gasteiger partial charge < -0.3 is 20.2 Å². The Morgan fingerprint density at radius 2 is 1.60 bits per heavy atom. The summed E-state index contributed by atoms with van der Waals surface area (Å²) in [6.45, 7) is 1.33. The van der Waals surface area contributed by atoms with Crippen molar-refractivity contribution in [1.29, 1.82) is 0 Å². The van der Waals surface area contributed by atoms with Gasteiger partial charge in [-0.2, -0.15) is 0 Å². The Morgan fingerprint density at radius 3 is 2.05 bits per heavy atom. The van der Waals surface area contributed by atoms with Gasteiger partial charge >= 0.3 is 12.0 Å². The molecular formula is C14H27N3O3. The van der Waals surface area contributed by atoms with Gasteiger partial charge in [0.1, 0.15) is 5.54 Å². The lowest BCUT2D eigenvalue weighted by atomic mass is 9.90. The number of nitrogens with one attached hydrogen (secondary N) is 1. The number of likely N-dealkylation sites (N-methyl/N-ethyl adjacent to an activating group) is 2. The number of aliphatic carboxylic acids is 1. The first-order chi connectivity index (χ1) is 9.37. The number of hydrogen-bond acceptors (Lipinski definition) is 3. The van der Waals surface area contributed by atoms with Crippen molar-refractivity contribution in [3.63, 3.8) is 0 Å². The highest BCUT2D eigenvalue weighted by Gasteiger charge is 2.40. The van der Waals surface area contributed by atoms with Crippen LogP contribution in [0.1, 0.15) is 38.5 Å². The van der Waals surface area contributed by atoms with Crippen molar-refractivity contribution in [1.82, 2.24) is 15.1 Å². The minimum atomic E-state index is -1.08. The summed E-state index contributed by atoms with van der Waals surface area (Å²) in [6.07, 6.45) is 4.84. The second kappa shape index (κ2) is 7.47. The molecule has 2 amide bonds. The van der Waals surface area contributed by atoms with Gasteiger partial charge in [0.25, 0.3) is 0 Å². The molecule has 0 bridgehead atoms. The molecule has 0 aromatic heterocycles. The number of carbonyl (C=O) groups excluding carboxylic acids is 1. The molecule has 0 unspecified atom stereocenters. The zero-order chi connectivity index (χ0) is 15.2. The van der Waals surface area contributed by atoms with Gasteiger partial charge in [-0.05, 0) is 26.9 Å². The molecule has 0 heterocycles. The molecule has 116 valence electrons. The highest BCUT2D eigenvalue weighted by molar-refractivity contribution is 5.86. The van der Waals surface area contributed by atoms with Crippen molar-refractivity contribution in [2.45, 2.75) is 44.1 Å². The Hall–Kier alpha value is -1.30. The third kappa shape index (κ3) is 4.67. The fourth-order valence-electron chi connectivity index (χ4n) is 2.48. The number of amides is 2. The minimum absolute atomic E-state index is 0.295. The van der Waals surface area contributed by atoms with Crippen LogP contribution in [0.15, 0.2) is 0 Å². The molecule has 1 aliphatic carbocycles. The van der Waals surface area contributed by atoms with Gasteiger partial charge in [-0.3, -0.25) is 0 Å². The molecular weight excluding hydrogens is 258 g/mol. The van der Waals surface area contributed by atoms with Crippen LogP contribution in [0.3, 0.4) is 0 Å². The van der Waals surface area contributed by atoms with Crippen LogP contribution in [0.25, 0.3) is 0 Å². The first-order valence-electron chi connectivity index (χ1n) is 7.29. The summed E-state index contributed by atoms with van der Waals surface area (Å²) < 4.78 is 0. The zero-order valence-electron chi connectivity index (χ0n) is 12.8. The first kappa shape index (κ1) is 16.8. The van der Waals surface area contributed by atoms with Gasteiger partial charge in [0.2, 0.25) is 0 Å². The van der Waals surface area contributed by atoms with E-state index in [4.69, 9.17) is 0 Å². The SMILES string of the molecule is CN(C)CCN(C)C(=O)NC1(C(=O)O)CCCCCC1. The third-order valence-corrected chi connectivity index (χ3v) is 3.94. The van der Waals surface area contributed by atoms with Crippen molar-refractivity contribution in [3.8, 4) is 0 Å². The van der Waals surface area contributed by atoms with Crippen molar-refractivity contribution < 1.29 is 14.7 Å². The number of carboxylic acid groups (broad SMARTS) is 1. The zero-order valence-corrected chi connectivity index (χ0v) is 12.8. The molecule has 0 spiro atoms. The molecule has 1 rings (SSSR count). The number of hydrogen-bond donors (Lipinski definition) is 2.